The first-order chi connectivity index (χ1) is 11.6. The molecule has 5 heteroatoms. The molecule has 0 atom stereocenters. The Labute approximate surface area is 143 Å². The topological polar surface area (TPSA) is 57.1 Å². The van der Waals surface area contributed by atoms with Crippen molar-refractivity contribution in [2.75, 3.05) is 20.7 Å². The predicted molar refractivity (Wildman–Crippen MR) is 97.4 cm³/mol. The van der Waals surface area contributed by atoms with Gasteiger partial charge in [0, 0.05) is 25.7 Å². The number of para-hydroxylation sites is 1. The minimum absolute atomic E-state index is 0.267. The van der Waals surface area contributed by atoms with Gasteiger partial charge >= 0.3 is 0 Å². The van der Waals surface area contributed by atoms with Crippen molar-refractivity contribution < 1.29 is 9.84 Å². The molecule has 2 rings (SSSR count). The summed E-state index contributed by atoms with van der Waals surface area (Å²) >= 11 is 0. The number of rotatable bonds is 6. The van der Waals surface area contributed by atoms with E-state index in [-0.39, 0.29) is 5.75 Å². The smallest absolute Gasteiger partial charge is 0.194 e. The summed E-state index contributed by atoms with van der Waals surface area (Å²) < 4.78 is 5.42. The molecular weight excluding hydrogens is 302 g/mol. The van der Waals surface area contributed by atoms with Crippen LogP contribution in [0.4, 0.5) is 0 Å². The summed E-state index contributed by atoms with van der Waals surface area (Å²) in [5, 5.41) is 12.7. The Morgan fingerprint density at radius 2 is 1.88 bits per heavy atom. The second-order valence-electron chi connectivity index (χ2n) is 5.50. The van der Waals surface area contributed by atoms with E-state index >= 15 is 0 Å². The summed E-state index contributed by atoms with van der Waals surface area (Å²) in [6.45, 7) is 4.10. The van der Waals surface area contributed by atoms with Crippen molar-refractivity contribution in [2.45, 2.75) is 20.0 Å². The van der Waals surface area contributed by atoms with Crippen molar-refractivity contribution in [2.24, 2.45) is 4.99 Å². The first-order valence-corrected chi connectivity index (χ1v) is 8.03. The molecule has 0 spiro atoms. The fourth-order valence-electron chi connectivity index (χ4n) is 2.40. The lowest BCUT2D eigenvalue weighted by molar-refractivity contribution is 0.396. The molecule has 2 aromatic rings. The molecule has 0 bridgehead atoms. The van der Waals surface area contributed by atoms with E-state index < -0.39 is 0 Å². The lowest BCUT2D eigenvalue weighted by Crippen LogP contribution is -2.38. The largest absolute Gasteiger partial charge is 0.508 e. The SMILES string of the molecule is CCNC(=NCc1ccc(O)cc1)N(C)Cc1ccccc1OC. The Bertz CT molecular complexity index is 669. The van der Waals surface area contributed by atoms with E-state index in [0.29, 0.717) is 13.1 Å². The fourth-order valence-corrected chi connectivity index (χ4v) is 2.40. The van der Waals surface area contributed by atoms with Crippen molar-refractivity contribution in [3.8, 4) is 11.5 Å². The standard InChI is InChI=1S/C19H25N3O2/c1-4-20-19(21-13-15-9-11-17(23)12-10-15)22(2)14-16-7-5-6-8-18(16)24-3/h5-12,23H,4,13-14H2,1-3H3,(H,20,21). The van der Waals surface area contributed by atoms with E-state index in [0.717, 1.165) is 29.4 Å². The van der Waals surface area contributed by atoms with Gasteiger partial charge in [0.2, 0.25) is 0 Å². The number of benzene rings is 2. The fraction of sp³-hybridized carbons (Fsp3) is 0.316. The Morgan fingerprint density at radius 1 is 1.17 bits per heavy atom. The molecule has 0 heterocycles. The Kier molecular flexibility index (Phi) is 6.49. The van der Waals surface area contributed by atoms with Crippen LogP contribution in [-0.2, 0) is 13.1 Å². The second-order valence-corrected chi connectivity index (χ2v) is 5.50. The first-order valence-electron chi connectivity index (χ1n) is 8.03. The van der Waals surface area contributed by atoms with Gasteiger partial charge < -0.3 is 20.1 Å². The number of nitrogens with zero attached hydrogens (tertiary/aromatic N) is 2. The van der Waals surface area contributed by atoms with Gasteiger partial charge in [-0.2, -0.15) is 0 Å². The van der Waals surface area contributed by atoms with Crippen molar-refractivity contribution in [3.63, 3.8) is 0 Å². The number of methoxy groups -OCH3 is 1. The summed E-state index contributed by atoms with van der Waals surface area (Å²) in [7, 11) is 3.69. The van der Waals surface area contributed by atoms with Crippen LogP contribution >= 0.6 is 0 Å². The molecule has 24 heavy (non-hydrogen) atoms. The van der Waals surface area contributed by atoms with Gasteiger partial charge in [0.05, 0.1) is 13.7 Å². The lowest BCUT2D eigenvalue weighted by atomic mass is 10.2. The quantitative estimate of drug-likeness (QED) is 0.632. The zero-order valence-electron chi connectivity index (χ0n) is 14.5. The summed E-state index contributed by atoms with van der Waals surface area (Å²) in [5.74, 6) is 1.97. The maximum absolute atomic E-state index is 9.35. The number of hydrogen-bond donors (Lipinski definition) is 2. The van der Waals surface area contributed by atoms with E-state index in [1.54, 1.807) is 19.2 Å². The highest BCUT2D eigenvalue weighted by molar-refractivity contribution is 5.79. The van der Waals surface area contributed by atoms with E-state index in [2.05, 4.69) is 21.3 Å². The second kappa shape index (κ2) is 8.82. The summed E-state index contributed by atoms with van der Waals surface area (Å²) in [6, 6.07) is 15.1. The Balaban J connectivity index is 2.10. The molecule has 128 valence electrons. The van der Waals surface area contributed by atoms with Crippen LogP contribution in [0.1, 0.15) is 18.1 Å². The number of nitrogens with one attached hydrogen (secondary N) is 1. The number of phenolic OH excluding ortho intramolecular Hbond substituents is 1. The minimum atomic E-state index is 0.267. The Morgan fingerprint density at radius 3 is 2.54 bits per heavy atom. The maximum atomic E-state index is 9.35. The van der Waals surface area contributed by atoms with Gasteiger partial charge in [0.15, 0.2) is 5.96 Å². The van der Waals surface area contributed by atoms with E-state index in [1.165, 1.54) is 0 Å². The van der Waals surface area contributed by atoms with Crippen LogP contribution in [0.15, 0.2) is 53.5 Å². The van der Waals surface area contributed by atoms with E-state index in [9.17, 15) is 5.11 Å². The van der Waals surface area contributed by atoms with Gasteiger partial charge in [-0.3, -0.25) is 0 Å². The van der Waals surface area contributed by atoms with Crippen LogP contribution in [0.5, 0.6) is 11.5 Å². The molecule has 0 radical (unpaired) electrons. The molecule has 0 aliphatic carbocycles. The summed E-state index contributed by atoms with van der Waals surface area (Å²) in [6.07, 6.45) is 0. The predicted octanol–water partition coefficient (Wildman–Crippen LogP) is 3.00. The zero-order chi connectivity index (χ0) is 17.4. The van der Waals surface area contributed by atoms with Gasteiger partial charge in [0.25, 0.3) is 0 Å². The third kappa shape index (κ3) is 4.91. The number of aliphatic imine (C=N–C) groups is 1. The van der Waals surface area contributed by atoms with E-state index in [4.69, 9.17) is 4.74 Å². The number of hydrogen-bond acceptors (Lipinski definition) is 3. The molecular formula is C19H25N3O2. The van der Waals surface area contributed by atoms with Gasteiger partial charge in [-0.25, -0.2) is 4.99 Å². The molecule has 0 aliphatic heterocycles. The molecule has 0 aromatic heterocycles. The van der Waals surface area contributed by atoms with Crippen molar-refractivity contribution >= 4 is 5.96 Å². The third-order valence-corrected chi connectivity index (χ3v) is 3.64. The van der Waals surface area contributed by atoms with Crippen LogP contribution in [0.2, 0.25) is 0 Å². The van der Waals surface area contributed by atoms with Gasteiger partial charge in [-0.15, -0.1) is 0 Å². The van der Waals surface area contributed by atoms with Gasteiger partial charge in [0.1, 0.15) is 11.5 Å². The molecule has 0 aliphatic rings. The normalized spacial score (nSPS) is 11.2. The molecule has 0 fully saturated rings. The van der Waals surface area contributed by atoms with E-state index in [1.807, 2.05) is 44.3 Å². The average Bonchev–Trinajstić information content (AvgIpc) is 2.60. The summed E-state index contributed by atoms with van der Waals surface area (Å²) in [5.41, 5.74) is 2.16. The highest BCUT2D eigenvalue weighted by Gasteiger charge is 2.09. The lowest BCUT2D eigenvalue weighted by Gasteiger charge is -2.23. The molecule has 2 N–H and O–H groups in total. The van der Waals surface area contributed by atoms with Gasteiger partial charge in [-0.1, -0.05) is 30.3 Å². The third-order valence-electron chi connectivity index (χ3n) is 3.64. The van der Waals surface area contributed by atoms with Crippen LogP contribution < -0.4 is 10.1 Å². The molecule has 0 saturated heterocycles. The van der Waals surface area contributed by atoms with Crippen LogP contribution in [0.25, 0.3) is 0 Å². The average molecular weight is 327 g/mol. The molecule has 0 amide bonds. The molecule has 0 saturated carbocycles. The van der Waals surface area contributed by atoms with Crippen molar-refractivity contribution in [3.05, 3.63) is 59.7 Å². The number of aromatic hydroxyl groups is 1. The minimum Gasteiger partial charge on any atom is -0.508 e. The zero-order valence-corrected chi connectivity index (χ0v) is 14.5. The maximum Gasteiger partial charge on any atom is 0.194 e. The highest BCUT2D eigenvalue weighted by atomic mass is 16.5. The summed E-state index contributed by atoms with van der Waals surface area (Å²) in [4.78, 5) is 6.75. The van der Waals surface area contributed by atoms with Crippen LogP contribution in [0, 0.1) is 0 Å². The first kappa shape index (κ1) is 17.7. The molecule has 2 aromatic carbocycles. The van der Waals surface area contributed by atoms with Gasteiger partial charge in [-0.05, 0) is 30.7 Å². The number of guanidine groups is 1. The number of phenols is 1. The van der Waals surface area contributed by atoms with Crippen LogP contribution in [-0.4, -0.2) is 36.7 Å². The number of ether oxygens (including phenoxy) is 1. The molecule has 0 unspecified atom stereocenters. The Hall–Kier alpha value is -2.69. The molecule has 5 nitrogen and oxygen atoms in total. The van der Waals surface area contributed by atoms with Crippen molar-refractivity contribution in [1.82, 2.24) is 10.2 Å². The van der Waals surface area contributed by atoms with Crippen LogP contribution in [0.3, 0.4) is 0 Å². The monoisotopic (exact) mass is 327 g/mol. The van der Waals surface area contributed by atoms with Crippen molar-refractivity contribution in [1.29, 1.82) is 0 Å². The highest BCUT2D eigenvalue weighted by Crippen LogP contribution is 2.19.